The van der Waals surface area contributed by atoms with Crippen molar-refractivity contribution in [2.75, 3.05) is 0 Å². The van der Waals surface area contributed by atoms with Crippen molar-refractivity contribution in [1.82, 2.24) is 0 Å². The maximum atomic E-state index is 10.4. The van der Waals surface area contributed by atoms with Crippen LogP contribution in [0.5, 0.6) is 0 Å². The summed E-state index contributed by atoms with van der Waals surface area (Å²) in [6, 6.07) is 0. The van der Waals surface area contributed by atoms with Crippen LogP contribution in [-0.4, -0.2) is 31.7 Å². The van der Waals surface area contributed by atoms with E-state index in [0.717, 1.165) is 7.37 Å². The zero-order valence-electron chi connectivity index (χ0n) is 6.09. The van der Waals surface area contributed by atoms with Crippen molar-refractivity contribution in [2.24, 2.45) is 0 Å². The minimum atomic E-state index is -0.153. The van der Waals surface area contributed by atoms with Crippen LogP contribution < -0.4 is 29.6 Å². The Morgan fingerprint density at radius 3 is 2.33 bits per heavy atom. The fraction of sp³-hybridized carbons (Fsp3) is 0.667. The van der Waals surface area contributed by atoms with Gasteiger partial charge in [-0.1, -0.05) is 0 Å². The van der Waals surface area contributed by atoms with Crippen LogP contribution in [0.1, 0.15) is 6.92 Å². The molecule has 0 aromatic rings. The van der Waals surface area contributed by atoms with Gasteiger partial charge in [0.15, 0.2) is 0 Å². The van der Waals surface area contributed by atoms with Gasteiger partial charge in [-0.05, 0) is 20.9 Å². The van der Waals surface area contributed by atoms with Gasteiger partial charge < -0.3 is 16.9 Å². The van der Waals surface area contributed by atoms with Crippen LogP contribution in [0.3, 0.4) is 0 Å². The average Bonchev–Trinajstić information content (AvgIpc) is 1.67. The van der Waals surface area contributed by atoms with Crippen LogP contribution in [0.25, 0.3) is 0 Å². The molecule has 0 aliphatic rings. The molecule has 0 bridgehead atoms. The molecule has 0 heterocycles. The summed E-state index contributed by atoms with van der Waals surface area (Å²) in [5, 5.41) is 8.15. The predicted octanol–water partition coefficient (Wildman–Crippen LogP) is -4.03. The van der Waals surface area contributed by atoms with E-state index in [1.165, 1.54) is 14.0 Å². The van der Waals surface area contributed by atoms with Crippen molar-refractivity contribution < 1.29 is 39.4 Å². The molecule has 0 saturated heterocycles. The van der Waals surface area contributed by atoms with E-state index in [9.17, 15) is 4.79 Å². The first-order chi connectivity index (χ1) is 3.68. The van der Waals surface area contributed by atoms with Gasteiger partial charge >= 0.3 is 29.6 Å². The molecule has 0 fully saturated rings. The maximum Gasteiger partial charge on any atom is 1.00 e. The number of rotatable bonds is 3. The van der Waals surface area contributed by atoms with Crippen LogP contribution in [0.2, 0.25) is 6.82 Å². The molecule has 0 aliphatic heterocycles. The summed E-state index contributed by atoms with van der Waals surface area (Å²) in [6.45, 7) is 3.07. The third-order valence-corrected chi connectivity index (χ3v) is 1.02. The van der Waals surface area contributed by atoms with Crippen molar-refractivity contribution in [1.29, 1.82) is 0 Å². The predicted molar refractivity (Wildman–Crippen MR) is 36.0 cm³/mol. The topological polar surface area (TPSA) is 37.3 Å². The molecule has 0 unspecified atom stereocenters. The molecule has 0 amide bonds. The van der Waals surface area contributed by atoms with Crippen LogP contribution in [0, 0.1) is 0 Å². The molecule has 0 aromatic carbocycles. The first-order valence-electron chi connectivity index (χ1n) is 2.50. The first-order valence-corrected chi connectivity index (χ1v) is 2.50. The average molecular weight is 131 g/mol. The van der Waals surface area contributed by atoms with Crippen molar-refractivity contribution >= 4 is 26.7 Å². The van der Waals surface area contributed by atoms with Gasteiger partial charge in [-0.2, -0.15) is 0 Å². The van der Waals surface area contributed by atoms with Gasteiger partial charge in [0.05, 0.1) is 0 Å². The first kappa shape index (κ1) is 12.5. The third-order valence-electron chi connectivity index (χ3n) is 1.02. The maximum absolute atomic E-state index is 10.4. The third kappa shape index (κ3) is 6.71. The Morgan fingerprint density at radius 1 is 1.78 bits per heavy atom. The van der Waals surface area contributed by atoms with Crippen molar-refractivity contribution in [3.05, 3.63) is 0 Å². The van der Waals surface area contributed by atoms with E-state index < -0.39 is 0 Å². The molecule has 2 nitrogen and oxygen atoms in total. The van der Waals surface area contributed by atoms with E-state index in [4.69, 9.17) is 5.02 Å². The SMILES string of the molecule is CB([B-][B]O)C(C)=O.[Na+]. The quantitative estimate of drug-likeness (QED) is 0.395. The molecule has 0 atom stereocenters. The van der Waals surface area contributed by atoms with E-state index in [-0.39, 0.29) is 41.8 Å². The normalized spacial score (nSPS) is 7.44. The number of hydrogen-bond acceptors (Lipinski definition) is 2. The fourth-order valence-electron chi connectivity index (χ4n) is 0.265. The van der Waals surface area contributed by atoms with Gasteiger partial charge in [-0.25, -0.2) is 0 Å². The Bertz CT molecular complexity index is 89.1. The Hall–Kier alpha value is 0.825. The van der Waals surface area contributed by atoms with Gasteiger partial charge in [0.1, 0.15) is 0 Å². The largest absolute Gasteiger partial charge is 1.00 e. The molecule has 0 rings (SSSR count). The molecule has 6 heteroatoms. The Kier molecular flexibility index (Phi) is 9.63. The second kappa shape index (κ2) is 6.94. The fourth-order valence-corrected chi connectivity index (χ4v) is 0.265. The molecule has 0 spiro atoms. The molecule has 0 aliphatic carbocycles. The van der Waals surface area contributed by atoms with E-state index in [1.54, 1.807) is 6.82 Å². The Morgan fingerprint density at radius 2 is 2.22 bits per heavy atom. The molecule has 0 aromatic heterocycles. The van der Waals surface area contributed by atoms with E-state index in [0.29, 0.717) is 0 Å². The van der Waals surface area contributed by atoms with Crippen molar-refractivity contribution in [3.8, 4) is 0 Å². The summed E-state index contributed by atoms with van der Waals surface area (Å²) in [6.07, 6.45) is 0. The number of carbonyl (C=O) groups excluding carboxylic acids is 1. The smallest absolute Gasteiger partial charge is 0.508 e. The Labute approximate surface area is 79.6 Å². The zero-order valence-corrected chi connectivity index (χ0v) is 8.09. The van der Waals surface area contributed by atoms with Crippen LogP contribution in [0.4, 0.5) is 0 Å². The minimum absolute atomic E-state index is 0. The number of hydrogen-bond donors (Lipinski definition) is 1. The second-order valence-electron chi connectivity index (χ2n) is 1.74. The minimum Gasteiger partial charge on any atom is -0.508 e. The summed E-state index contributed by atoms with van der Waals surface area (Å²) in [7, 11) is 2.34. The van der Waals surface area contributed by atoms with Gasteiger partial charge in [-0.15, -0.1) is 6.82 Å². The Balaban J connectivity index is 0. The van der Waals surface area contributed by atoms with Crippen LogP contribution in [-0.2, 0) is 4.79 Å². The van der Waals surface area contributed by atoms with Gasteiger partial charge in [0.25, 0.3) is 0 Å². The molecule has 0 saturated carbocycles. The van der Waals surface area contributed by atoms with E-state index >= 15 is 0 Å². The van der Waals surface area contributed by atoms with Crippen molar-refractivity contribution in [3.63, 3.8) is 0 Å². The van der Waals surface area contributed by atoms with Gasteiger partial charge in [0, 0.05) is 5.68 Å². The zero-order chi connectivity index (χ0) is 6.57. The van der Waals surface area contributed by atoms with E-state index in [1.807, 2.05) is 0 Å². The summed E-state index contributed by atoms with van der Waals surface area (Å²) in [5.74, 6) is 0. The van der Waals surface area contributed by atoms with Gasteiger partial charge in [0.2, 0.25) is 0 Å². The number of carbonyl (C=O) groups is 1. The van der Waals surface area contributed by atoms with Crippen molar-refractivity contribution in [2.45, 2.75) is 13.7 Å². The summed E-state index contributed by atoms with van der Waals surface area (Å²) in [5.41, 5.74) is 0.0651. The summed E-state index contributed by atoms with van der Waals surface area (Å²) < 4.78 is 0. The molecule has 41 valence electrons. The standard InChI is InChI=1S/C3H7B3O2.Na/c1-3(7)6(2)4-5-8;/h8H,1-2H3;/q-1;+1. The van der Waals surface area contributed by atoms with E-state index in [2.05, 4.69) is 0 Å². The molecular weight excluding hydrogens is 123 g/mol. The van der Waals surface area contributed by atoms with Gasteiger partial charge in [-0.3, -0.25) is 0 Å². The summed E-state index contributed by atoms with van der Waals surface area (Å²) in [4.78, 5) is 10.4. The monoisotopic (exact) mass is 131 g/mol. The van der Waals surface area contributed by atoms with Crippen LogP contribution >= 0.6 is 0 Å². The molecule has 3 radical (unpaired) electrons. The summed E-state index contributed by atoms with van der Waals surface area (Å²) >= 11 is 0. The molecular formula is C3H7B3NaO2. The molecule has 1 N–H and O–H groups in total. The van der Waals surface area contributed by atoms with Crippen LogP contribution in [0.15, 0.2) is 0 Å². The molecule has 9 heavy (non-hydrogen) atoms. The second-order valence-corrected chi connectivity index (χ2v) is 1.74.